The molecule has 28 heavy (non-hydrogen) atoms. The molecule has 0 bridgehead atoms. The summed E-state index contributed by atoms with van der Waals surface area (Å²) in [6.45, 7) is 0.506. The van der Waals surface area contributed by atoms with Crippen molar-refractivity contribution in [2.75, 3.05) is 5.32 Å². The SMILES string of the molecule is Cn1c(=O)c2c(nc(NC3CCCCC3)n2Cc2ccc(Br)cc2)n(C)c1=O. The molecule has 0 aliphatic heterocycles. The van der Waals surface area contributed by atoms with E-state index in [4.69, 9.17) is 0 Å². The van der Waals surface area contributed by atoms with Crippen molar-refractivity contribution in [1.82, 2.24) is 18.7 Å². The van der Waals surface area contributed by atoms with E-state index in [2.05, 4.69) is 26.2 Å². The van der Waals surface area contributed by atoms with Crippen LogP contribution in [-0.4, -0.2) is 24.7 Å². The number of aryl methyl sites for hydroxylation is 1. The standard InChI is InChI=1S/C20H24BrN5O2/c1-24-17-16(18(27)25(2)20(24)28)26(12-13-8-10-14(21)11-9-13)19(23-17)22-15-6-4-3-5-7-15/h8-11,15H,3-7,12H2,1-2H3,(H,22,23). The van der Waals surface area contributed by atoms with Crippen LogP contribution in [0, 0.1) is 0 Å². The fourth-order valence-corrected chi connectivity index (χ4v) is 4.18. The summed E-state index contributed by atoms with van der Waals surface area (Å²) in [4.78, 5) is 30.0. The number of nitrogens with zero attached hydrogens (tertiary/aromatic N) is 4. The minimum absolute atomic E-state index is 0.320. The van der Waals surface area contributed by atoms with Crippen LogP contribution in [-0.2, 0) is 20.6 Å². The summed E-state index contributed by atoms with van der Waals surface area (Å²) in [6.07, 6.45) is 5.86. The van der Waals surface area contributed by atoms with Gasteiger partial charge in [0.1, 0.15) is 0 Å². The first kappa shape index (κ1) is 19.0. The third-order valence-corrected chi connectivity index (χ3v) is 6.07. The van der Waals surface area contributed by atoms with E-state index in [1.807, 2.05) is 28.8 Å². The minimum Gasteiger partial charge on any atom is -0.353 e. The van der Waals surface area contributed by atoms with Crippen LogP contribution in [0.25, 0.3) is 11.2 Å². The van der Waals surface area contributed by atoms with Crippen LogP contribution < -0.4 is 16.6 Å². The van der Waals surface area contributed by atoms with E-state index in [0.29, 0.717) is 29.7 Å². The predicted molar refractivity (Wildman–Crippen MR) is 114 cm³/mol. The highest BCUT2D eigenvalue weighted by Gasteiger charge is 2.22. The molecule has 0 unspecified atom stereocenters. The topological polar surface area (TPSA) is 73.8 Å². The molecular weight excluding hydrogens is 422 g/mol. The molecule has 0 saturated heterocycles. The Kier molecular flexibility index (Phi) is 5.14. The van der Waals surface area contributed by atoms with Crippen LogP contribution in [0.2, 0.25) is 0 Å². The Morgan fingerprint density at radius 3 is 2.43 bits per heavy atom. The van der Waals surface area contributed by atoms with Gasteiger partial charge in [0, 0.05) is 24.6 Å². The van der Waals surface area contributed by atoms with Crippen LogP contribution in [0.15, 0.2) is 38.3 Å². The largest absolute Gasteiger partial charge is 0.353 e. The van der Waals surface area contributed by atoms with Crippen LogP contribution in [0.4, 0.5) is 5.95 Å². The van der Waals surface area contributed by atoms with Gasteiger partial charge < -0.3 is 5.32 Å². The fourth-order valence-electron chi connectivity index (χ4n) is 3.91. The molecule has 0 amide bonds. The number of halogens is 1. The van der Waals surface area contributed by atoms with Gasteiger partial charge in [0.2, 0.25) is 5.95 Å². The second-order valence-electron chi connectivity index (χ2n) is 7.51. The number of anilines is 1. The lowest BCUT2D eigenvalue weighted by atomic mass is 9.96. The number of nitrogens with one attached hydrogen (secondary N) is 1. The quantitative estimate of drug-likeness (QED) is 0.669. The third-order valence-electron chi connectivity index (χ3n) is 5.54. The van der Waals surface area contributed by atoms with Gasteiger partial charge in [0.05, 0.1) is 6.54 Å². The molecule has 7 nitrogen and oxygen atoms in total. The summed E-state index contributed by atoms with van der Waals surface area (Å²) in [5.41, 5.74) is 1.24. The highest BCUT2D eigenvalue weighted by molar-refractivity contribution is 9.10. The Morgan fingerprint density at radius 2 is 1.75 bits per heavy atom. The first-order valence-electron chi connectivity index (χ1n) is 9.63. The fraction of sp³-hybridized carbons (Fsp3) is 0.450. The summed E-state index contributed by atoms with van der Waals surface area (Å²) >= 11 is 3.46. The Balaban J connectivity index is 1.87. The van der Waals surface area contributed by atoms with Crippen molar-refractivity contribution >= 4 is 33.0 Å². The Bertz CT molecular complexity index is 1120. The number of imidazole rings is 1. The number of fused-ring (bicyclic) bond motifs is 1. The molecular formula is C20H24BrN5O2. The van der Waals surface area contributed by atoms with Gasteiger partial charge in [-0.2, -0.15) is 4.98 Å². The molecule has 0 spiro atoms. The first-order chi connectivity index (χ1) is 13.5. The molecule has 1 aromatic carbocycles. The zero-order chi connectivity index (χ0) is 19.8. The van der Waals surface area contributed by atoms with Gasteiger partial charge in [-0.1, -0.05) is 47.3 Å². The molecule has 0 radical (unpaired) electrons. The van der Waals surface area contributed by atoms with Gasteiger partial charge >= 0.3 is 5.69 Å². The van der Waals surface area contributed by atoms with Crippen LogP contribution in [0.1, 0.15) is 37.7 Å². The molecule has 1 aliphatic carbocycles. The Hall–Kier alpha value is -2.35. The second kappa shape index (κ2) is 7.58. The average Bonchev–Trinajstić information content (AvgIpc) is 3.05. The van der Waals surface area contributed by atoms with E-state index in [1.165, 1.54) is 30.9 Å². The van der Waals surface area contributed by atoms with Gasteiger partial charge in [0.15, 0.2) is 11.2 Å². The molecule has 0 atom stereocenters. The maximum Gasteiger partial charge on any atom is 0.332 e. The maximum atomic E-state index is 12.9. The van der Waals surface area contributed by atoms with Gasteiger partial charge in [0.25, 0.3) is 5.56 Å². The summed E-state index contributed by atoms with van der Waals surface area (Å²) in [5.74, 6) is 0.656. The highest BCUT2D eigenvalue weighted by Crippen LogP contribution is 2.24. The van der Waals surface area contributed by atoms with Crippen molar-refractivity contribution in [2.24, 2.45) is 14.1 Å². The van der Waals surface area contributed by atoms with Gasteiger partial charge in [-0.25, -0.2) is 4.79 Å². The number of benzene rings is 1. The van der Waals surface area contributed by atoms with Gasteiger partial charge in [-0.15, -0.1) is 0 Å². The predicted octanol–water partition coefficient (Wildman–Crippen LogP) is 2.99. The van der Waals surface area contributed by atoms with Crippen molar-refractivity contribution in [3.05, 3.63) is 55.1 Å². The summed E-state index contributed by atoms with van der Waals surface area (Å²) < 4.78 is 5.51. The van der Waals surface area contributed by atoms with Crippen molar-refractivity contribution < 1.29 is 0 Å². The van der Waals surface area contributed by atoms with Crippen molar-refractivity contribution in [3.63, 3.8) is 0 Å². The van der Waals surface area contributed by atoms with Gasteiger partial charge in [-0.3, -0.25) is 18.5 Å². The van der Waals surface area contributed by atoms with E-state index in [-0.39, 0.29) is 11.2 Å². The minimum atomic E-state index is -0.366. The number of hydrogen-bond acceptors (Lipinski definition) is 4. The normalized spacial score (nSPS) is 15.2. The van der Waals surface area contributed by atoms with Crippen LogP contribution in [0.5, 0.6) is 0 Å². The first-order valence-corrected chi connectivity index (χ1v) is 10.4. The van der Waals surface area contributed by atoms with Crippen LogP contribution in [0.3, 0.4) is 0 Å². The zero-order valence-electron chi connectivity index (χ0n) is 16.1. The molecule has 148 valence electrons. The third kappa shape index (κ3) is 3.41. The van der Waals surface area contributed by atoms with Crippen molar-refractivity contribution in [1.29, 1.82) is 0 Å². The van der Waals surface area contributed by atoms with E-state index in [0.717, 1.165) is 27.4 Å². The van der Waals surface area contributed by atoms with Gasteiger partial charge in [-0.05, 0) is 30.5 Å². The number of aromatic nitrogens is 4. The lowest BCUT2D eigenvalue weighted by Gasteiger charge is -2.23. The Labute approximate surface area is 171 Å². The second-order valence-corrected chi connectivity index (χ2v) is 8.42. The summed E-state index contributed by atoms with van der Waals surface area (Å²) in [5, 5.41) is 3.54. The molecule has 1 aliphatic rings. The van der Waals surface area contributed by atoms with E-state index >= 15 is 0 Å². The summed E-state index contributed by atoms with van der Waals surface area (Å²) in [6, 6.07) is 8.35. The lowest BCUT2D eigenvalue weighted by Crippen LogP contribution is -2.37. The smallest absolute Gasteiger partial charge is 0.332 e. The van der Waals surface area contributed by atoms with Crippen LogP contribution >= 0.6 is 15.9 Å². The molecule has 4 rings (SSSR count). The zero-order valence-corrected chi connectivity index (χ0v) is 17.7. The monoisotopic (exact) mass is 445 g/mol. The highest BCUT2D eigenvalue weighted by atomic mass is 79.9. The van der Waals surface area contributed by atoms with Crippen molar-refractivity contribution in [2.45, 2.75) is 44.7 Å². The van der Waals surface area contributed by atoms with E-state index in [9.17, 15) is 9.59 Å². The molecule has 1 fully saturated rings. The molecule has 3 aromatic rings. The molecule has 1 saturated carbocycles. The molecule has 8 heteroatoms. The van der Waals surface area contributed by atoms with E-state index < -0.39 is 0 Å². The van der Waals surface area contributed by atoms with Crippen molar-refractivity contribution in [3.8, 4) is 0 Å². The maximum absolute atomic E-state index is 12.9. The summed E-state index contributed by atoms with van der Waals surface area (Å²) in [7, 11) is 3.17. The lowest BCUT2D eigenvalue weighted by molar-refractivity contribution is 0.459. The number of rotatable bonds is 4. The number of hydrogen-bond donors (Lipinski definition) is 1. The average molecular weight is 446 g/mol. The molecule has 2 aromatic heterocycles. The molecule has 1 N–H and O–H groups in total. The molecule has 2 heterocycles. The Morgan fingerprint density at radius 1 is 1.07 bits per heavy atom. The van der Waals surface area contributed by atoms with E-state index in [1.54, 1.807) is 7.05 Å².